The van der Waals surface area contributed by atoms with Crippen LogP contribution in [0.3, 0.4) is 0 Å². The van der Waals surface area contributed by atoms with Gasteiger partial charge in [0, 0.05) is 18.1 Å². The van der Waals surface area contributed by atoms with E-state index in [-0.39, 0.29) is 0 Å². The highest BCUT2D eigenvalue weighted by atomic mass is 15.1. The summed E-state index contributed by atoms with van der Waals surface area (Å²) < 4.78 is 0. The van der Waals surface area contributed by atoms with Crippen molar-refractivity contribution < 1.29 is 0 Å². The van der Waals surface area contributed by atoms with E-state index in [9.17, 15) is 0 Å². The molecule has 2 aliphatic heterocycles. The standard InChI is InChI=1S/C18H25N3/c1-2-5-16(6-3-1)17-8-13-21(14-9-17)12-4-7-18-15-19-10-11-20-18/h1-3,5-6,10-11,17,19H,4,7-9,12-15H2. The smallest absolute Gasteiger partial charge is 0.0529 e. The maximum Gasteiger partial charge on any atom is 0.0529 e. The molecule has 1 aromatic rings. The van der Waals surface area contributed by atoms with Crippen molar-refractivity contribution in [1.82, 2.24) is 10.2 Å². The molecule has 0 amide bonds. The molecular weight excluding hydrogens is 258 g/mol. The Labute approximate surface area is 127 Å². The van der Waals surface area contributed by atoms with Crippen molar-refractivity contribution in [1.29, 1.82) is 0 Å². The van der Waals surface area contributed by atoms with E-state index in [2.05, 4.69) is 45.5 Å². The third kappa shape index (κ3) is 4.18. The maximum absolute atomic E-state index is 4.42. The zero-order chi connectivity index (χ0) is 14.3. The predicted molar refractivity (Wildman–Crippen MR) is 88.7 cm³/mol. The Morgan fingerprint density at radius 2 is 1.95 bits per heavy atom. The Kier molecular flexibility index (Phi) is 5.06. The molecule has 3 rings (SSSR count). The molecule has 3 heteroatoms. The monoisotopic (exact) mass is 283 g/mol. The van der Waals surface area contributed by atoms with Gasteiger partial charge in [-0.15, -0.1) is 0 Å². The summed E-state index contributed by atoms with van der Waals surface area (Å²) in [6, 6.07) is 11.0. The van der Waals surface area contributed by atoms with E-state index in [1.807, 2.05) is 12.4 Å². The molecule has 2 aliphatic rings. The molecule has 0 aromatic heterocycles. The molecule has 0 saturated carbocycles. The van der Waals surface area contributed by atoms with Crippen molar-refractivity contribution in [2.45, 2.75) is 31.6 Å². The summed E-state index contributed by atoms with van der Waals surface area (Å²) in [5.41, 5.74) is 2.81. The van der Waals surface area contributed by atoms with Crippen molar-refractivity contribution >= 4 is 5.71 Å². The zero-order valence-electron chi connectivity index (χ0n) is 12.7. The molecule has 1 N–H and O–H groups in total. The molecule has 0 aliphatic carbocycles. The van der Waals surface area contributed by atoms with Crippen molar-refractivity contribution in [3.05, 3.63) is 48.3 Å². The average molecular weight is 283 g/mol. The minimum atomic E-state index is 0.763. The van der Waals surface area contributed by atoms with E-state index in [1.54, 1.807) is 0 Å². The first-order chi connectivity index (χ1) is 10.4. The number of aliphatic imine (C=N–C) groups is 1. The van der Waals surface area contributed by atoms with Gasteiger partial charge < -0.3 is 10.2 Å². The third-order valence-corrected chi connectivity index (χ3v) is 4.55. The van der Waals surface area contributed by atoms with Crippen molar-refractivity contribution in [2.24, 2.45) is 4.99 Å². The van der Waals surface area contributed by atoms with Crippen LogP contribution in [0, 0.1) is 0 Å². The zero-order valence-corrected chi connectivity index (χ0v) is 12.7. The summed E-state index contributed by atoms with van der Waals surface area (Å²) in [5, 5.41) is 3.22. The molecule has 2 heterocycles. The fourth-order valence-electron chi connectivity index (χ4n) is 3.29. The number of piperidine rings is 1. The lowest BCUT2D eigenvalue weighted by Crippen LogP contribution is -2.34. The van der Waals surface area contributed by atoms with Gasteiger partial charge >= 0.3 is 0 Å². The highest BCUT2D eigenvalue weighted by Crippen LogP contribution is 2.27. The van der Waals surface area contributed by atoms with Gasteiger partial charge in [-0.1, -0.05) is 30.3 Å². The van der Waals surface area contributed by atoms with Gasteiger partial charge in [-0.3, -0.25) is 4.99 Å². The minimum Gasteiger partial charge on any atom is -0.384 e. The number of benzene rings is 1. The van der Waals surface area contributed by atoms with Crippen molar-refractivity contribution in [2.75, 3.05) is 26.2 Å². The molecule has 112 valence electrons. The second-order valence-corrected chi connectivity index (χ2v) is 6.02. The van der Waals surface area contributed by atoms with Gasteiger partial charge in [0.05, 0.1) is 6.54 Å². The van der Waals surface area contributed by atoms with E-state index in [0.29, 0.717) is 0 Å². The van der Waals surface area contributed by atoms with Gasteiger partial charge in [-0.2, -0.15) is 0 Å². The fourth-order valence-corrected chi connectivity index (χ4v) is 3.29. The summed E-state index contributed by atoms with van der Waals surface area (Å²) in [6.45, 7) is 4.62. The predicted octanol–water partition coefficient (Wildman–Crippen LogP) is 3.16. The summed E-state index contributed by atoms with van der Waals surface area (Å²) in [7, 11) is 0. The number of rotatable bonds is 5. The third-order valence-electron chi connectivity index (χ3n) is 4.55. The Morgan fingerprint density at radius 1 is 1.14 bits per heavy atom. The lowest BCUT2D eigenvalue weighted by Gasteiger charge is -2.32. The number of hydrogen-bond donors (Lipinski definition) is 1. The van der Waals surface area contributed by atoms with Crippen LogP contribution in [0.1, 0.15) is 37.2 Å². The summed E-state index contributed by atoms with van der Waals surface area (Å²) in [4.78, 5) is 7.04. The van der Waals surface area contributed by atoms with Crippen molar-refractivity contribution in [3.63, 3.8) is 0 Å². The number of hydrogen-bond acceptors (Lipinski definition) is 3. The van der Waals surface area contributed by atoms with Crippen LogP contribution in [0.5, 0.6) is 0 Å². The Bertz CT molecular complexity index is 484. The number of nitrogens with one attached hydrogen (secondary N) is 1. The molecule has 0 atom stereocenters. The summed E-state index contributed by atoms with van der Waals surface area (Å²) in [5.74, 6) is 0.763. The van der Waals surface area contributed by atoms with Gasteiger partial charge in [0.25, 0.3) is 0 Å². The van der Waals surface area contributed by atoms with Crippen LogP contribution >= 0.6 is 0 Å². The maximum atomic E-state index is 4.42. The highest BCUT2D eigenvalue weighted by Gasteiger charge is 2.19. The van der Waals surface area contributed by atoms with Crippen LogP contribution in [0.4, 0.5) is 0 Å². The van der Waals surface area contributed by atoms with Gasteiger partial charge in [0.15, 0.2) is 0 Å². The summed E-state index contributed by atoms with van der Waals surface area (Å²) >= 11 is 0. The second kappa shape index (κ2) is 7.41. The first-order valence-electron chi connectivity index (χ1n) is 8.13. The number of likely N-dealkylation sites (tertiary alicyclic amines) is 1. The molecule has 0 unspecified atom stereocenters. The Hall–Kier alpha value is -1.61. The first-order valence-corrected chi connectivity index (χ1v) is 8.13. The normalized spacial score (nSPS) is 20.1. The first kappa shape index (κ1) is 14.3. The SMILES string of the molecule is C1=CNCC(CCCN2CCC(c3ccccc3)CC2)=N1. The highest BCUT2D eigenvalue weighted by molar-refractivity contribution is 5.87. The van der Waals surface area contributed by atoms with Gasteiger partial charge in [0.2, 0.25) is 0 Å². The molecule has 3 nitrogen and oxygen atoms in total. The molecule has 1 aromatic carbocycles. The molecule has 0 bridgehead atoms. The molecule has 1 fully saturated rings. The molecule has 21 heavy (non-hydrogen) atoms. The van der Waals surface area contributed by atoms with Crippen LogP contribution in [-0.2, 0) is 0 Å². The van der Waals surface area contributed by atoms with Gasteiger partial charge in [-0.05, 0) is 56.8 Å². The lowest BCUT2D eigenvalue weighted by molar-refractivity contribution is 0.211. The van der Waals surface area contributed by atoms with E-state index >= 15 is 0 Å². The quantitative estimate of drug-likeness (QED) is 0.899. The average Bonchev–Trinajstić information content (AvgIpc) is 2.57. The van der Waals surface area contributed by atoms with Crippen LogP contribution in [0.25, 0.3) is 0 Å². The van der Waals surface area contributed by atoms with Crippen LogP contribution in [-0.4, -0.2) is 36.8 Å². The second-order valence-electron chi connectivity index (χ2n) is 6.02. The molecule has 0 spiro atoms. The minimum absolute atomic E-state index is 0.763. The molecule has 0 radical (unpaired) electrons. The topological polar surface area (TPSA) is 27.6 Å². The summed E-state index contributed by atoms with van der Waals surface area (Å²) in [6.07, 6.45) is 8.73. The Morgan fingerprint density at radius 3 is 2.67 bits per heavy atom. The van der Waals surface area contributed by atoms with Crippen LogP contribution in [0.15, 0.2) is 47.7 Å². The van der Waals surface area contributed by atoms with E-state index in [4.69, 9.17) is 0 Å². The lowest BCUT2D eigenvalue weighted by atomic mass is 9.89. The van der Waals surface area contributed by atoms with E-state index in [0.717, 1.165) is 18.9 Å². The van der Waals surface area contributed by atoms with Gasteiger partial charge in [-0.25, -0.2) is 0 Å². The number of nitrogens with zero attached hydrogens (tertiary/aromatic N) is 2. The fraction of sp³-hybridized carbons (Fsp3) is 0.500. The van der Waals surface area contributed by atoms with Gasteiger partial charge in [0.1, 0.15) is 0 Å². The Balaban J connectivity index is 1.38. The van der Waals surface area contributed by atoms with E-state index < -0.39 is 0 Å². The van der Waals surface area contributed by atoms with Crippen molar-refractivity contribution in [3.8, 4) is 0 Å². The molecular formula is C18H25N3. The largest absolute Gasteiger partial charge is 0.384 e. The van der Waals surface area contributed by atoms with Crippen LogP contribution < -0.4 is 5.32 Å². The van der Waals surface area contributed by atoms with Crippen LogP contribution in [0.2, 0.25) is 0 Å². The van der Waals surface area contributed by atoms with E-state index in [1.165, 1.54) is 50.2 Å². The molecule has 1 saturated heterocycles.